The van der Waals surface area contributed by atoms with Crippen molar-refractivity contribution in [1.29, 1.82) is 0 Å². The Labute approximate surface area is 169 Å². The number of ketones is 1. The van der Waals surface area contributed by atoms with Gasteiger partial charge in [0.1, 0.15) is 5.71 Å². The zero-order valence-electron chi connectivity index (χ0n) is 16.7. The molecule has 8 nitrogen and oxygen atoms in total. The number of aryl methyl sites for hydroxylation is 3. The topological polar surface area (TPSA) is 110 Å². The molecule has 9 heteroatoms. The summed E-state index contributed by atoms with van der Waals surface area (Å²) in [7, 11) is -3.19. The molecule has 2 heterocycles. The molecule has 1 amide bonds. The van der Waals surface area contributed by atoms with Gasteiger partial charge in [0, 0.05) is 18.4 Å². The Bertz CT molecular complexity index is 1010. The first-order chi connectivity index (χ1) is 13.6. The van der Waals surface area contributed by atoms with E-state index in [1.165, 1.54) is 0 Å². The minimum Gasteiger partial charge on any atom is -0.453 e. The van der Waals surface area contributed by atoms with Crippen LogP contribution < -0.4 is 0 Å². The number of hydrogen-bond donors (Lipinski definition) is 0. The lowest BCUT2D eigenvalue weighted by atomic mass is 9.98. The Morgan fingerprint density at radius 3 is 2.48 bits per heavy atom. The van der Waals surface area contributed by atoms with Crippen molar-refractivity contribution in [2.45, 2.75) is 46.1 Å². The summed E-state index contributed by atoms with van der Waals surface area (Å²) in [6.45, 7) is 5.27. The number of carbonyl (C=O) groups is 3. The predicted octanol–water partition coefficient (Wildman–Crippen LogP) is 1.50. The third-order valence-electron chi connectivity index (χ3n) is 5.33. The summed E-state index contributed by atoms with van der Waals surface area (Å²) < 4.78 is 28.5. The lowest BCUT2D eigenvalue weighted by molar-refractivity contribution is -0.136. The maximum atomic E-state index is 12.5. The molecule has 2 aliphatic heterocycles. The zero-order valence-corrected chi connectivity index (χ0v) is 17.5. The standard InChI is InChI=1S/C20H24N2O6S/c1-12-8-14(3)16(9-13(12)2)18(23)10-28-20(25)17-4-5-19(24)22(21-17)15-6-7-29(26,27)11-15/h8-9,15H,4-7,10-11H2,1-3H3/t15-/m0/s1. The van der Waals surface area contributed by atoms with Crippen LogP contribution in [-0.2, 0) is 24.2 Å². The van der Waals surface area contributed by atoms with E-state index in [1.54, 1.807) is 6.07 Å². The van der Waals surface area contributed by atoms with Crippen LogP contribution in [0.15, 0.2) is 17.2 Å². The van der Waals surface area contributed by atoms with E-state index in [2.05, 4.69) is 5.10 Å². The van der Waals surface area contributed by atoms with Crippen molar-refractivity contribution in [3.05, 3.63) is 34.4 Å². The number of hydrazone groups is 1. The molecule has 0 N–H and O–H groups in total. The summed E-state index contributed by atoms with van der Waals surface area (Å²) in [6.07, 6.45) is 0.448. The molecular formula is C20H24N2O6S. The lowest BCUT2D eigenvalue weighted by Crippen LogP contribution is -2.42. The Morgan fingerprint density at radius 2 is 1.83 bits per heavy atom. The molecule has 0 aliphatic carbocycles. The third-order valence-corrected chi connectivity index (χ3v) is 7.08. The highest BCUT2D eigenvalue weighted by Crippen LogP contribution is 2.22. The van der Waals surface area contributed by atoms with Gasteiger partial charge in [0.25, 0.3) is 0 Å². The van der Waals surface area contributed by atoms with Gasteiger partial charge in [-0.05, 0) is 49.9 Å². The smallest absolute Gasteiger partial charge is 0.354 e. The van der Waals surface area contributed by atoms with Gasteiger partial charge in [-0.3, -0.25) is 9.59 Å². The summed E-state index contributed by atoms with van der Waals surface area (Å²) >= 11 is 0. The maximum Gasteiger partial charge on any atom is 0.354 e. The molecule has 29 heavy (non-hydrogen) atoms. The molecular weight excluding hydrogens is 396 g/mol. The van der Waals surface area contributed by atoms with Gasteiger partial charge < -0.3 is 4.74 Å². The average Bonchev–Trinajstić information content (AvgIpc) is 3.02. The quantitative estimate of drug-likeness (QED) is 0.527. The first-order valence-corrected chi connectivity index (χ1v) is 11.3. The molecule has 0 spiro atoms. The van der Waals surface area contributed by atoms with Crippen molar-refractivity contribution in [2.24, 2.45) is 5.10 Å². The first-order valence-electron chi connectivity index (χ1n) is 9.45. The van der Waals surface area contributed by atoms with Crippen molar-refractivity contribution in [2.75, 3.05) is 18.1 Å². The van der Waals surface area contributed by atoms with Gasteiger partial charge in [-0.2, -0.15) is 5.10 Å². The number of benzene rings is 1. The van der Waals surface area contributed by atoms with E-state index in [9.17, 15) is 22.8 Å². The minimum atomic E-state index is -3.19. The van der Waals surface area contributed by atoms with Crippen LogP contribution in [0.2, 0.25) is 0 Å². The fraction of sp³-hybridized carbons (Fsp3) is 0.500. The van der Waals surface area contributed by atoms with Gasteiger partial charge in [-0.15, -0.1) is 0 Å². The Kier molecular flexibility index (Phi) is 5.88. The monoisotopic (exact) mass is 420 g/mol. The second-order valence-electron chi connectivity index (χ2n) is 7.59. The van der Waals surface area contributed by atoms with E-state index in [1.807, 2.05) is 26.8 Å². The Balaban J connectivity index is 1.67. The summed E-state index contributed by atoms with van der Waals surface area (Å²) in [5.41, 5.74) is 3.38. The van der Waals surface area contributed by atoms with Gasteiger partial charge in [0.15, 0.2) is 16.4 Å². The molecule has 1 saturated heterocycles. The lowest BCUT2D eigenvalue weighted by Gasteiger charge is -2.27. The van der Waals surface area contributed by atoms with E-state index in [0.29, 0.717) is 12.0 Å². The first kappa shape index (κ1) is 21.2. The highest BCUT2D eigenvalue weighted by Gasteiger charge is 2.37. The number of ether oxygens (including phenoxy) is 1. The molecule has 0 radical (unpaired) electrons. The summed E-state index contributed by atoms with van der Waals surface area (Å²) in [4.78, 5) is 37.0. The molecule has 1 atom stereocenters. The number of carbonyl (C=O) groups excluding carboxylic acids is 3. The summed E-state index contributed by atoms with van der Waals surface area (Å²) in [5, 5.41) is 5.15. The van der Waals surface area contributed by atoms with Crippen LogP contribution in [0.25, 0.3) is 0 Å². The predicted molar refractivity (Wildman–Crippen MR) is 107 cm³/mol. The molecule has 1 aromatic carbocycles. The van der Waals surface area contributed by atoms with Crippen LogP contribution in [0.5, 0.6) is 0 Å². The van der Waals surface area contributed by atoms with E-state index in [4.69, 9.17) is 4.74 Å². The van der Waals surface area contributed by atoms with E-state index in [0.717, 1.165) is 21.7 Å². The highest BCUT2D eigenvalue weighted by atomic mass is 32.2. The van der Waals surface area contributed by atoms with Crippen molar-refractivity contribution < 1.29 is 27.5 Å². The van der Waals surface area contributed by atoms with Gasteiger partial charge in [-0.25, -0.2) is 18.2 Å². The van der Waals surface area contributed by atoms with Crippen molar-refractivity contribution >= 4 is 33.2 Å². The van der Waals surface area contributed by atoms with Crippen LogP contribution >= 0.6 is 0 Å². The minimum absolute atomic E-state index is 0.000562. The second-order valence-corrected chi connectivity index (χ2v) is 9.82. The molecule has 1 fully saturated rings. The van der Waals surface area contributed by atoms with Gasteiger partial charge in [-0.1, -0.05) is 6.07 Å². The van der Waals surface area contributed by atoms with Crippen LogP contribution in [0.1, 0.15) is 46.3 Å². The Morgan fingerprint density at radius 1 is 1.14 bits per heavy atom. The molecule has 1 aromatic rings. The summed E-state index contributed by atoms with van der Waals surface area (Å²) in [6, 6.07) is 3.13. The molecule has 156 valence electrons. The SMILES string of the molecule is Cc1cc(C)c(C(=O)COC(=O)C2=NN([C@H]3CCS(=O)(=O)C3)C(=O)CC2)cc1C. The van der Waals surface area contributed by atoms with Crippen molar-refractivity contribution in [1.82, 2.24) is 5.01 Å². The molecule has 2 aliphatic rings. The van der Waals surface area contributed by atoms with Crippen molar-refractivity contribution in [3.63, 3.8) is 0 Å². The number of sulfone groups is 1. The largest absolute Gasteiger partial charge is 0.453 e. The van der Waals surface area contributed by atoms with Crippen LogP contribution in [0.3, 0.4) is 0 Å². The van der Waals surface area contributed by atoms with E-state index in [-0.39, 0.29) is 41.7 Å². The van der Waals surface area contributed by atoms with Gasteiger partial charge in [0.05, 0.1) is 17.5 Å². The fourth-order valence-electron chi connectivity index (χ4n) is 3.53. The molecule has 0 bridgehead atoms. The number of amides is 1. The number of Topliss-reactive ketones (excluding diaryl/α,β-unsaturated/α-hetero) is 1. The number of hydrogen-bond acceptors (Lipinski definition) is 7. The van der Waals surface area contributed by atoms with Gasteiger partial charge >= 0.3 is 5.97 Å². The number of esters is 1. The second kappa shape index (κ2) is 8.06. The molecule has 0 unspecified atom stereocenters. The molecule has 3 rings (SSSR count). The Hall–Kier alpha value is -2.55. The van der Waals surface area contributed by atoms with E-state index >= 15 is 0 Å². The third kappa shape index (κ3) is 4.72. The number of rotatable bonds is 5. The van der Waals surface area contributed by atoms with Crippen LogP contribution in [-0.4, -0.2) is 61.0 Å². The average molecular weight is 420 g/mol. The zero-order chi connectivity index (χ0) is 21.3. The number of nitrogens with zero attached hydrogens (tertiary/aromatic N) is 2. The maximum absolute atomic E-state index is 12.5. The fourth-order valence-corrected chi connectivity index (χ4v) is 5.22. The highest BCUT2D eigenvalue weighted by molar-refractivity contribution is 7.91. The summed E-state index contributed by atoms with van der Waals surface area (Å²) in [5.74, 6) is -1.55. The molecule has 0 aromatic heterocycles. The van der Waals surface area contributed by atoms with Gasteiger partial charge in [0.2, 0.25) is 11.7 Å². The van der Waals surface area contributed by atoms with Crippen LogP contribution in [0, 0.1) is 20.8 Å². The van der Waals surface area contributed by atoms with Crippen molar-refractivity contribution in [3.8, 4) is 0 Å². The normalized spacial score (nSPS) is 21.1. The molecule has 0 saturated carbocycles. The van der Waals surface area contributed by atoms with E-state index < -0.39 is 28.5 Å². The van der Waals surface area contributed by atoms with Crippen LogP contribution in [0.4, 0.5) is 0 Å².